The van der Waals surface area contributed by atoms with E-state index in [1.54, 1.807) is 11.4 Å². The average molecular weight is 338 g/mol. The lowest BCUT2D eigenvalue weighted by molar-refractivity contribution is -0.115. The highest BCUT2D eigenvalue weighted by atomic mass is 32.2. The zero-order chi connectivity index (χ0) is 16.3. The minimum Gasteiger partial charge on any atom is -0.324 e. The predicted molar refractivity (Wildman–Crippen MR) is 88.8 cm³/mol. The highest BCUT2D eigenvalue weighted by Gasteiger charge is 2.17. The van der Waals surface area contributed by atoms with Crippen molar-refractivity contribution in [1.82, 2.24) is 4.72 Å². The van der Waals surface area contributed by atoms with E-state index in [0.29, 0.717) is 0 Å². The van der Waals surface area contributed by atoms with E-state index >= 15 is 0 Å². The highest BCUT2D eigenvalue weighted by molar-refractivity contribution is 7.91. The summed E-state index contributed by atoms with van der Waals surface area (Å²) in [5.74, 6) is -0.393. The molecule has 0 fully saturated rings. The number of nitrogens with one attached hydrogen (secondary N) is 2. The Hall–Kier alpha value is -1.70. The van der Waals surface area contributed by atoms with Gasteiger partial charge in [-0.3, -0.25) is 4.79 Å². The quantitative estimate of drug-likeness (QED) is 0.880. The SMILES string of the molecule is Cc1cc(C)c(NC(=O)CNS(=O)(=O)c2cccs2)c(C)c1. The maximum absolute atomic E-state index is 12.0. The van der Waals surface area contributed by atoms with E-state index in [0.717, 1.165) is 33.7 Å². The first-order valence-electron chi connectivity index (χ1n) is 6.70. The van der Waals surface area contributed by atoms with Crippen molar-refractivity contribution in [2.24, 2.45) is 0 Å². The van der Waals surface area contributed by atoms with Gasteiger partial charge in [0.2, 0.25) is 5.91 Å². The molecule has 0 atom stereocenters. The zero-order valence-electron chi connectivity index (χ0n) is 12.6. The van der Waals surface area contributed by atoms with E-state index in [1.165, 1.54) is 6.07 Å². The molecule has 0 unspecified atom stereocenters. The first-order chi connectivity index (χ1) is 10.3. The molecule has 118 valence electrons. The number of thiophene rings is 1. The number of aryl methyl sites for hydroxylation is 3. The monoisotopic (exact) mass is 338 g/mol. The van der Waals surface area contributed by atoms with Crippen molar-refractivity contribution in [2.45, 2.75) is 25.0 Å². The minimum absolute atomic E-state index is 0.197. The lowest BCUT2D eigenvalue weighted by Gasteiger charge is -2.13. The Morgan fingerprint density at radius 1 is 1.18 bits per heavy atom. The summed E-state index contributed by atoms with van der Waals surface area (Å²) in [7, 11) is -3.62. The Balaban J connectivity index is 2.03. The number of hydrogen-bond donors (Lipinski definition) is 2. The lowest BCUT2D eigenvalue weighted by Crippen LogP contribution is -2.32. The number of amides is 1. The van der Waals surface area contributed by atoms with Crippen molar-refractivity contribution in [2.75, 3.05) is 11.9 Å². The number of carbonyl (C=O) groups excluding carboxylic acids is 1. The highest BCUT2D eigenvalue weighted by Crippen LogP contribution is 2.21. The third kappa shape index (κ3) is 3.94. The molecule has 0 bridgehead atoms. The van der Waals surface area contributed by atoms with Crippen LogP contribution in [0.3, 0.4) is 0 Å². The van der Waals surface area contributed by atoms with Crippen LogP contribution >= 0.6 is 11.3 Å². The molecule has 7 heteroatoms. The van der Waals surface area contributed by atoms with Gasteiger partial charge in [-0.05, 0) is 43.3 Å². The van der Waals surface area contributed by atoms with Gasteiger partial charge in [0, 0.05) is 5.69 Å². The molecule has 5 nitrogen and oxygen atoms in total. The van der Waals surface area contributed by atoms with Crippen molar-refractivity contribution in [3.05, 3.63) is 46.3 Å². The second-order valence-electron chi connectivity index (χ2n) is 5.08. The second kappa shape index (κ2) is 6.60. The van der Waals surface area contributed by atoms with Crippen molar-refractivity contribution in [3.63, 3.8) is 0 Å². The molecule has 2 rings (SSSR count). The minimum atomic E-state index is -3.62. The molecule has 0 aliphatic carbocycles. The molecule has 0 saturated carbocycles. The van der Waals surface area contributed by atoms with Crippen LogP contribution in [-0.2, 0) is 14.8 Å². The maximum Gasteiger partial charge on any atom is 0.250 e. The Kier molecular flexibility index (Phi) is 5.00. The van der Waals surface area contributed by atoms with Gasteiger partial charge in [-0.1, -0.05) is 23.8 Å². The second-order valence-corrected chi connectivity index (χ2v) is 8.02. The smallest absolute Gasteiger partial charge is 0.250 e. The molecular formula is C15H18N2O3S2. The Morgan fingerprint density at radius 2 is 1.82 bits per heavy atom. The summed E-state index contributed by atoms with van der Waals surface area (Å²) in [5, 5.41) is 4.44. The first-order valence-corrected chi connectivity index (χ1v) is 9.07. The van der Waals surface area contributed by atoms with Gasteiger partial charge in [0.15, 0.2) is 0 Å². The summed E-state index contributed by atoms with van der Waals surface area (Å²) in [6.07, 6.45) is 0. The number of hydrogen-bond acceptors (Lipinski definition) is 4. The predicted octanol–water partition coefficient (Wildman–Crippen LogP) is 2.59. The van der Waals surface area contributed by atoms with Crippen molar-refractivity contribution in [1.29, 1.82) is 0 Å². The van der Waals surface area contributed by atoms with Crippen LogP contribution in [0.15, 0.2) is 33.9 Å². The maximum atomic E-state index is 12.0. The Morgan fingerprint density at radius 3 is 2.36 bits per heavy atom. The van der Waals surface area contributed by atoms with E-state index in [2.05, 4.69) is 10.0 Å². The standard InChI is InChI=1S/C15H18N2O3S2/c1-10-7-11(2)15(12(3)8-10)17-13(18)9-16-22(19,20)14-5-4-6-21-14/h4-8,16H,9H2,1-3H3,(H,17,18). The number of sulfonamides is 1. The molecule has 1 heterocycles. The largest absolute Gasteiger partial charge is 0.324 e. The molecule has 0 aliphatic rings. The van der Waals surface area contributed by atoms with Crippen LogP contribution in [0, 0.1) is 20.8 Å². The van der Waals surface area contributed by atoms with Crippen LogP contribution in [0.2, 0.25) is 0 Å². The normalized spacial score (nSPS) is 11.4. The number of benzene rings is 1. The van der Waals surface area contributed by atoms with Crippen LogP contribution in [0.5, 0.6) is 0 Å². The number of carbonyl (C=O) groups is 1. The topological polar surface area (TPSA) is 75.3 Å². The van der Waals surface area contributed by atoms with Crippen molar-refractivity contribution >= 4 is 33.0 Å². The lowest BCUT2D eigenvalue weighted by atomic mass is 10.1. The summed E-state index contributed by atoms with van der Waals surface area (Å²) < 4.78 is 26.4. The van der Waals surface area contributed by atoms with Crippen LogP contribution < -0.4 is 10.0 Å². The first kappa shape index (κ1) is 16.7. The van der Waals surface area contributed by atoms with E-state index in [1.807, 2.05) is 32.9 Å². The molecule has 1 aromatic carbocycles. The molecule has 2 N–H and O–H groups in total. The molecule has 0 radical (unpaired) electrons. The van der Waals surface area contributed by atoms with E-state index in [4.69, 9.17) is 0 Å². The van der Waals surface area contributed by atoms with Gasteiger partial charge in [-0.2, -0.15) is 0 Å². The third-order valence-electron chi connectivity index (χ3n) is 3.12. The number of rotatable bonds is 5. The van der Waals surface area contributed by atoms with Crippen molar-refractivity contribution in [3.8, 4) is 0 Å². The van der Waals surface area contributed by atoms with Gasteiger partial charge in [0.25, 0.3) is 10.0 Å². The van der Waals surface area contributed by atoms with Gasteiger partial charge < -0.3 is 5.32 Å². The van der Waals surface area contributed by atoms with Gasteiger partial charge in [-0.25, -0.2) is 13.1 Å². The van der Waals surface area contributed by atoms with Crippen LogP contribution in [0.25, 0.3) is 0 Å². The fraction of sp³-hybridized carbons (Fsp3) is 0.267. The fourth-order valence-corrected chi connectivity index (χ4v) is 4.23. The van der Waals surface area contributed by atoms with Crippen LogP contribution in [0.4, 0.5) is 5.69 Å². The molecule has 22 heavy (non-hydrogen) atoms. The molecule has 2 aromatic rings. The van der Waals surface area contributed by atoms with E-state index in [-0.39, 0.29) is 10.8 Å². The molecule has 1 aromatic heterocycles. The average Bonchev–Trinajstić information content (AvgIpc) is 2.95. The van der Waals surface area contributed by atoms with Gasteiger partial charge in [0.05, 0.1) is 6.54 Å². The summed E-state index contributed by atoms with van der Waals surface area (Å²) in [5.41, 5.74) is 3.75. The number of anilines is 1. The summed E-state index contributed by atoms with van der Waals surface area (Å²) in [6.45, 7) is 5.50. The van der Waals surface area contributed by atoms with Gasteiger partial charge >= 0.3 is 0 Å². The molecule has 0 aliphatic heterocycles. The summed E-state index contributed by atoms with van der Waals surface area (Å²) in [4.78, 5) is 12.0. The molecule has 1 amide bonds. The molecular weight excluding hydrogens is 320 g/mol. The van der Waals surface area contributed by atoms with Gasteiger partial charge in [0.1, 0.15) is 4.21 Å². The Bertz CT molecular complexity index is 758. The van der Waals surface area contributed by atoms with Crippen LogP contribution in [-0.4, -0.2) is 20.9 Å². The summed E-state index contributed by atoms with van der Waals surface area (Å²) >= 11 is 1.11. The van der Waals surface area contributed by atoms with Crippen LogP contribution in [0.1, 0.15) is 16.7 Å². The molecule has 0 spiro atoms. The van der Waals surface area contributed by atoms with E-state index < -0.39 is 15.9 Å². The zero-order valence-corrected chi connectivity index (χ0v) is 14.3. The Labute approximate surface area is 134 Å². The third-order valence-corrected chi connectivity index (χ3v) is 5.92. The summed E-state index contributed by atoms with van der Waals surface area (Å²) in [6, 6.07) is 7.09. The molecule has 0 saturated heterocycles. The fourth-order valence-electron chi connectivity index (χ4n) is 2.21. The van der Waals surface area contributed by atoms with Gasteiger partial charge in [-0.15, -0.1) is 11.3 Å². The van der Waals surface area contributed by atoms with Crippen molar-refractivity contribution < 1.29 is 13.2 Å². The van der Waals surface area contributed by atoms with E-state index in [9.17, 15) is 13.2 Å².